The van der Waals surface area contributed by atoms with Crippen LogP contribution in [0, 0.1) is 11.6 Å². The molecule has 1 aromatic carbocycles. The van der Waals surface area contributed by atoms with Gasteiger partial charge in [0, 0.05) is 44.7 Å². The van der Waals surface area contributed by atoms with Crippen molar-refractivity contribution in [3.8, 4) is 22.8 Å². The molecule has 0 radical (unpaired) electrons. The second kappa shape index (κ2) is 7.78. The number of anilines is 1. The van der Waals surface area contributed by atoms with Gasteiger partial charge in [0.25, 0.3) is 0 Å². The number of ether oxygens (including phenoxy) is 1. The molecule has 0 spiro atoms. The molecule has 3 aliphatic heterocycles. The second-order valence-corrected chi connectivity index (χ2v) is 10.3. The summed E-state index contributed by atoms with van der Waals surface area (Å²) in [7, 11) is 0. The number of aromatic nitrogens is 1. The van der Waals surface area contributed by atoms with Crippen molar-refractivity contribution in [3.63, 3.8) is 0 Å². The SMILES string of the molecule is CC1(O)CN(c2nc(-c3c(O)cccc3F)c(F)c3c2CN2CCNC[C@@H]2CO3)C(C)(C)C1. The Morgan fingerprint density at radius 1 is 1.24 bits per heavy atom. The normalized spacial score (nSPS) is 27.0. The van der Waals surface area contributed by atoms with Crippen molar-refractivity contribution in [1.82, 2.24) is 15.2 Å². The number of nitrogens with one attached hydrogen (secondary N) is 1. The number of nitrogens with zero attached hydrogens (tertiary/aromatic N) is 3. The van der Waals surface area contributed by atoms with Gasteiger partial charge in [-0.1, -0.05) is 6.07 Å². The Hall–Kier alpha value is -2.49. The molecule has 3 N–H and O–H groups in total. The van der Waals surface area contributed by atoms with Gasteiger partial charge >= 0.3 is 0 Å². The maximum atomic E-state index is 15.9. The van der Waals surface area contributed by atoms with Gasteiger partial charge in [0.2, 0.25) is 0 Å². The zero-order valence-corrected chi connectivity index (χ0v) is 19.2. The Balaban J connectivity index is 1.74. The van der Waals surface area contributed by atoms with E-state index in [0.29, 0.717) is 30.9 Å². The first-order valence-electron chi connectivity index (χ1n) is 11.4. The van der Waals surface area contributed by atoms with E-state index in [0.717, 1.165) is 19.6 Å². The number of hydrogen-bond acceptors (Lipinski definition) is 7. The molecular weight excluding hydrogens is 430 g/mol. The number of aromatic hydroxyl groups is 1. The predicted molar refractivity (Wildman–Crippen MR) is 120 cm³/mol. The van der Waals surface area contributed by atoms with Gasteiger partial charge in [0.05, 0.1) is 22.8 Å². The van der Waals surface area contributed by atoms with E-state index >= 15 is 4.39 Å². The number of phenols is 1. The van der Waals surface area contributed by atoms with Gasteiger partial charge in [0.1, 0.15) is 29.7 Å². The molecule has 5 rings (SSSR count). The van der Waals surface area contributed by atoms with Crippen LogP contribution in [0.3, 0.4) is 0 Å². The van der Waals surface area contributed by atoms with Gasteiger partial charge in [-0.2, -0.15) is 0 Å². The van der Waals surface area contributed by atoms with E-state index in [1.807, 2.05) is 18.7 Å². The van der Waals surface area contributed by atoms with Crippen LogP contribution in [0.2, 0.25) is 0 Å². The Kier molecular flexibility index (Phi) is 5.26. The van der Waals surface area contributed by atoms with Crippen molar-refractivity contribution in [2.75, 3.05) is 37.7 Å². The predicted octanol–water partition coefficient (Wildman–Crippen LogP) is 2.64. The number of piperazine rings is 1. The average Bonchev–Trinajstić information content (AvgIpc) is 2.87. The number of β-amino-alcohol motifs (C(OH)–C–C–N with tert-alkyl or cyclic N) is 1. The van der Waals surface area contributed by atoms with E-state index in [2.05, 4.69) is 15.2 Å². The van der Waals surface area contributed by atoms with Crippen LogP contribution in [-0.4, -0.2) is 70.1 Å². The smallest absolute Gasteiger partial charge is 0.192 e. The number of fused-ring (bicyclic) bond motifs is 2. The summed E-state index contributed by atoms with van der Waals surface area (Å²) in [5.41, 5.74) is -1.45. The fraction of sp³-hybridized carbons (Fsp3) is 0.542. The van der Waals surface area contributed by atoms with Crippen LogP contribution in [-0.2, 0) is 6.54 Å². The van der Waals surface area contributed by atoms with Gasteiger partial charge in [-0.15, -0.1) is 0 Å². The highest BCUT2D eigenvalue weighted by Crippen LogP contribution is 2.46. The van der Waals surface area contributed by atoms with Crippen LogP contribution in [0.1, 0.15) is 32.8 Å². The summed E-state index contributed by atoms with van der Waals surface area (Å²) in [6.07, 6.45) is 0.491. The first-order chi connectivity index (χ1) is 15.6. The van der Waals surface area contributed by atoms with Gasteiger partial charge in [-0.3, -0.25) is 4.90 Å². The molecule has 0 aliphatic carbocycles. The third-order valence-corrected chi connectivity index (χ3v) is 6.95. The third kappa shape index (κ3) is 3.82. The average molecular weight is 461 g/mol. The van der Waals surface area contributed by atoms with Crippen molar-refractivity contribution in [2.24, 2.45) is 0 Å². The summed E-state index contributed by atoms with van der Waals surface area (Å²) in [6.45, 7) is 9.09. The van der Waals surface area contributed by atoms with Gasteiger partial charge < -0.3 is 25.2 Å². The molecule has 0 bridgehead atoms. The van der Waals surface area contributed by atoms with Crippen molar-refractivity contribution in [1.29, 1.82) is 0 Å². The van der Waals surface area contributed by atoms with E-state index in [1.165, 1.54) is 18.2 Å². The van der Waals surface area contributed by atoms with E-state index < -0.39 is 28.5 Å². The van der Waals surface area contributed by atoms with Crippen molar-refractivity contribution < 1.29 is 23.7 Å². The Morgan fingerprint density at radius 3 is 2.73 bits per heavy atom. The molecule has 178 valence electrons. The van der Waals surface area contributed by atoms with Crippen LogP contribution < -0.4 is 15.0 Å². The molecule has 0 amide bonds. The lowest BCUT2D eigenvalue weighted by molar-refractivity contribution is 0.0760. The Bertz CT molecular complexity index is 1070. The third-order valence-electron chi connectivity index (χ3n) is 6.95. The summed E-state index contributed by atoms with van der Waals surface area (Å²) >= 11 is 0. The molecule has 33 heavy (non-hydrogen) atoms. The van der Waals surface area contributed by atoms with Gasteiger partial charge in [-0.05, 0) is 32.9 Å². The number of aliphatic hydroxyl groups is 1. The molecule has 2 fully saturated rings. The molecule has 2 saturated heterocycles. The number of hydrogen-bond donors (Lipinski definition) is 3. The molecule has 3 aliphatic rings. The van der Waals surface area contributed by atoms with E-state index in [4.69, 9.17) is 4.74 Å². The van der Waals surface area contributed by atoms with Crippen molar-refractivity contribution in [2.45, 2.75) is 50.9 Å². The standard InChI is InChI=1S/C24H30F2N4O3/c1-23(2)12-24(3,32)13-30(23)22-15-10-29-8-7-27-9-14(29)11-33-21(15)19(26)20(28-22)18-16(25)5-4-6-17(18)31/h4-6,14,27,31-32H,7-13H2,1-3H3/t14-,24?/m1/s1. The first kappa shape index (κ1) is 22.3. The molecule has 2 atom stereocenters. The lowest BCUT2D eigenvalue weighted by Crippen LogP contribution is -2.52. The van der Waals surface area contributed by atoms with Crippen LogP contribution >= 0.6 is 0 Å². The maximum Gasteiger partial charge on any atom is 0.192 e. The summed E-state index contributed by atoms with van der Waals surface area (Å²) < 4.78 is 36.7. The lowest BCUT2D eigenvalue weighted by atomic mass is 9.94. The lowest BCUT2D eigenvalue weighted by Gasteiger charge is -2.36. The van der Waals surface area contributed by atoms with Crippen LogP contribution in [0.5, 0.6) is 11.5 Å². The topological polar surface area (TPSA) is 81.1 Å². The van der Waals surface area contributed by atoms with Crippen LogP contribution in [0.15, 0.2) is 18.2 Å². The summed E-state index contributed by atoms with van der Waals surface area (Å²) in [5, 5.41) is 24.6. The number of rotatable bonds is 2. The maximum absolute atomic E-state index is 15.9. The Labute approximate surface area is 192 Å². The number of halogens is 2. The molecular formula is C24H30F2N4O3. The zero-order chi connectivity index (χ0) is 23.5. The van der Waals surface area contributed by atoms with Crippen LogP contribution in [0.4, 0.5) is 14.6 Å². The van der Waals surface area contributed by atoms with E-state index in [-0.39, 0.29) is 29.7 Å². The summed E-state index contributed by atoms with van der Waals surface area (Å²) in [4.78, 5) is 8.82. The second-order valence-electron chi connectivity index (χ2n) is 10.3. The van der Waals surface area contributed by atoms with E-state index in [9.17, 15) is 14.6 Å². The quantitative estimate of drug-likeness (QED) is 0.636. The molecule has 4 heterocycles. The fourth-order valence-corrected chi connectivity index (χ4v) is 5.55. The Morgan fingerprint density at radius 2 is 2.03 bits per heavy atom. The zero-order valence-electron chi connectivity index (χ0n) is 19.2. The van der Waals surface area contributed by atoms with Crippen LogP contribution in [0.25, 0.3) is 11.3 Å². The monoisotopic (exact) mass is 460 g/mol. The fourth-order valence-electron chi connectivity index (χ4n) is 5.55. The molecule has 1 aromatic heterocycles. The number of benzene rings is 1. The highest BCUT2D eigenvalue weighted by atomic mass is 19.1. The number of pyridine rings is 1. The van der Waals surface area contributed by atoms with Crippen molar-refractivity contribution >= 4 is 5.82 Å². The minimum absolute atomic E-state index is 0.0365. The highest BCUT2D eigenvalue weighted by molar-refractivity contribution is 5.73. The van der Waals surface area contributed by atoms with E-state index in [1.54, 1.807) is 6.92 Å². The summed E-state index contributed by atoms with van der Waals surface area (Å²) in [6, 6.07) is 3.90. The van der Waals surface area contributed by atoms with Crippen molar-refractivity contribution in [3.05, 3.63) is 35.4 Å². The molecule has 1 unspecified atom stereocenters. The number of phenolic OH excluding ortho intramolecular Hbond substituents is 1. The van der Waals surface area contributed by atoms with Gasteiger partial charge in [-0.25, -0.2) is 13.8 Å². The molecule has 2 aromatic rings. The summed E-state index contributed by atoms with van der Waals surface area (Å²) in [5.74, 6) is -1.46. The largest absolute Gasteiger partial charge is 0.507 e. The minimum atomic E-state index is -0.962. The molecule has 0 saturated carbocycles. The molecule has 9 heteroatoms. The highest BCUT2D eigenvalue weighted by Gasteiger charge is 2.47. The minimum Gasteiger partial charge on any atom is -0.507 e. The molecule has 7 nitrogen and oxygen atoms in total. The first-order valence-corrected chi connectivity index (χ1v) is 11.4. The van der Waals surface area contributed by atoms with Gasteiger partial charge in [0.15, 0.2) is 11.6 Å².